The molecule has 26 heavy (non-hydrogen) atoms. The van der Waals surface area contributed by atoms with Crippen LogP contribution in [0.3, 0.4) is 0 Å². The highest BCUT2D eigenvalue weighted by Gasteiger charge is 2.19. The van der Waals surface area contributed by atoms with E-state index in [4.69, 9.17) is 11.6 Å². The van der Waals surface area contributed by atoms with Crippen molar-refractivity contribution in [1.82, 2.24) is 10.3 Å². The van der Waals surface area contributed by atoms with Gasteiger partial charge in [0.25, 0.3) is 5.91 Å². The zero-order valence-electron chi connectivity index (χ0n) is 14.4. The number of nitrogens with zero attached hydrogens (tertiary/aromatic N) is 2. The number of aromatic hydroxyl groups is 1. The molecule has 0 unspecified atom stereocenters. The van der Waals surface area contributed by atoms with Crippen molar-refractivity contribution in [2.24, 2.45) is 4.99 Å². The van der Waals surface area contributed by atoms with E-state index in [9.17, 15) is 14.7 Å². The van der Waals surface area contributed by atoms with Crippen LogP contribution in [0.1, 0.15) is 29.9 Å². The Kier molecular flexibility index (Phi) is 5.94. The van der Waals surface area contributed by atoms with Crippen molar-refractivity contribution in [2.75, 3.05) is 5.32 Å². The standard InChI is InChI=1S/C18H19ClN4O3/c1-18(2,20-3)23-17(26)14-10-13(6-7-21-14)22-16(25)9-11-8-12(19)4-5-15(11)24/h4-8,10,24H,3,9H2,1-2H3,(H,23,26)(H,21,22,25). The number of amides is 2. The van der Waals surface area contributed by atoms with Gasteiger partial charge < -0.3 is 15.7 Å². The topological polar surface area (TPSA) is 104 Å². The Labute approximate surface area is 156 Å². The van der Waals surface area contributed by atoms with E-state index >= 15 is 0 Å². The normalized spacial score (nSPS) is 10.9. The Balaban J connectivity index is 2.08. The van der Waals surface area contributed by atoms with Crippen LogP contribution in [0.4, 0.5) is 5.69 Å². The third-order valence-electron chi connectivity index (χ3n) is 3.48. The predicted octanol–water partition coefficient (Wildman–Crippen LogP) is 2.79. The molecule has 0 fully saturated rings. The maximum absolute atomic E-state index is 12.2. The maximum Gasteiger partial charge on any atom is 0.271 e. The first kappa shape index (κ1) is 19.4. The molecule has 0 spiro atoms. The first-order valence-electron chi connectivity index (χ1n) is 7.74. The average Bonchev–Trinajstić information content (AvgIpc) is 2.58. The fraction of sp³-hybridized carbons (Fsp3) is 0.222. The minimum absolute atomic E-state index is 0.0153. The Bertz CT molecular complexity index is 852. The van der Waals surface area contributed by atoms with Crippen LogP contribution in [-0.2, 0) is 11.2 Å². The van der Waals surface area contributed by atoms with Crippen molar-refractivity contribution in [2.45, 2.75) is 25.9 Å². The van der Waals surface area contributed by atoms with E-state index < -0.39 is 11.6 Å². The van der Waals surface area contributed by atoms with Crippen LogP contribution in [0.25, 0.3) is 0 Å². The van der Waals surface area contributed by atoms with Gasteiger partial charge in [-0.15, -0.1) is 0 Å². The van der Waals surface area contributed by atoms with Gasteiger partial charge in [-0.05, 0) is 50.9 Å². The highest BCUT2D eigenvalue weighted by molar-refractivity contribution is 6.30. The van der Waals surface area contributed by atoms with E-state index in [1.807, 2.05) is 0 Å². The number of phenolic OH excluding ortho intramolecular Hbond substituents is 1. The molecule has 0 radical (unpaired) electrons. The molecule has 1 aromatic carbocycles. The highest BCUT2D eigenvalue weighted by atomic mass is 35.5. The molecule has 2 amide bonds. The molecular formula is C18H19ClN4O3. The summed E-state index contributed by atoms with van der Waals surface area (Å²) < 4.78 is 0. The molecule has 0 aliphatic heterocycles. The third kappa shape index (κ3) is 5.29. The molecule has 8 heteroatoms. The van der Waals surface area contributed by atoms with Gasteiger partial charge in [0, 0.05) is 22.5 Å². The zero-order chi connectivity index (χ0) is 19.3. The van der Waals surface area contributed by atoms with Crippen LogP contribution in [0, 0.1) is 0 Å². The number of halogens is 1. The number of nitrogens with one attached hydrogen (secondary N) is 2. The van der Waals surface area contributed by atoms with Crippen LogP contribution < -0.4 is 10.6 Å². The Morgan fingerprint density at radius 3 is 2.73 bits per heavy atom. The predicted molar refractivity (Wildman–Crippen MR) is 101 cm³/mol. The molecule has 0 bridgehead atoms. The molecule has 0 aliphatic rings. The van der Waals surface area contributed by atoms with Crippen LogP contribution in [0.5, 0.6) is 5.75 Å². The molecule has 2 rings (SSSR count). The first-order valence-corrected chi connectivity index (χ1v) is 8.11. The highest BCUT2D eigenvalue weighted by Crippen LogP contribution is 2.22. The number of anilines is 1. The number of benzene rings is 1. The lowest BCUT2D eigenvalue weighted by molar-refractivity contribution is -0.115. The largest absolute Gasteiger partial charge is 0.508 e. The molecule has 1 aromatic heterocycles. The van der Waals surface area contributed by atoms with Gasteiger partial charge in [0.15, 0.2) is 0 Å². The second-order valence-electron chi connectivity index (χ2n) is 6.10. The summed E-state index contributed by atoms with van der Waals surface area (Å²) in [6.07, 6.45) is 1.35. The van der Waals surface area contributed by atoms with Gasteiger partial charge in [0.05, 0.1) is 6.42 Å². The summed E-state index contributed by atoms with van der Waals surface area (Å²) in [6.45, 7) is 6.81. The van der Waals surface area contributed by atoms with Gasteiger partial charge in [-0.1, -0.05) is 11.6 Å². The van der Waals surface area contributed by atoms with Crippen LogP contribution in [0.2, 0.25) is 5.02 Å². The average molecular weight is 375 g/mol. The Hall–Kier alpha value is -2.93. The Morgan fingerprint density at radius 1 is 1.31 bits per heavy atom. The van der Waals surface area contributed by atoms with Gasteiger partial charge in [-0.25, -0.2) is 0 Å². The summed E-state index contributed by atoms with van der Waals surface area (Å²) in [6, 6.07) is 7.49. The number of carbonyl (C=O) groups is 2. The van der Waals surface area contributed by atoms with Crippen molar-refractivity contribution in [3.63, 3.8) is 0 Å². The zero-order valence-corrected chi connectivity index (χ0v) is 15.2. The van der Waals surface area contributed by atoms with E-state index in [2.05, 4.69) is 27.3 Å². The summed E-state index contributed by atoms with van der Waals surface area (Å²) in [7, 11) is 0. The molecular weight excluding hydrogens is 356 g/mol. The van der Waals surface area contributed by atoms with Gasteiger partial charge >= 0.3 is 0 Å². The molecule has 7 nitrogen and oxygen atoms in total. The van der Waals surface area contributed by atoms with E-state index in [0.717, 1.165) is 0 Å². The van der Waals surface area contributed by atoms with Crippen molar-refractivity contribution >= 4 is 35.8 Å². The fourth-order valence-corrected chi connectivity index (χ4v) is 2.28. The third-order valence-corrected chi connectivity index (χ3v) is 3.72. The summed E-state index contributed by atoms with van der Waals surface area (Å²) in [5, 5.41) is 15.5. The molecule has 0 saturated heterocycles. The summed E-state index contributed by atoms with van der Waals surface area (Å²) >= 11 is 5.87. The second-order valence-corrected chi connectivity index (χ2v) is 6.54. The van der Waals surface area contributed by atoms with Crippen molar-refractivity contribution in [3.8, 4) is 5.75 Å². The van der Waals surface area contributed by atoms with Gasteiger partial charge in [0.2, 0.25) is 5.91 Å². The van der Waals surface area contributed by atoms with Crippen LogP contribution >= 0.6 is 11.6 Å². The quantitative estimate of drug-likeness (QED) is 0.676. The lowest BCUT2D eigenvalue weighted by atomic mass is 10.1. The minimum atomic E-state index is -0.831. The van der Waals surface area contributed by atoms with Gasteiger partial charge in [-0.3, -0.25) is 19.6 Å². The SMILES string of the molecule is C=NC(C)(C)NC(=O)c1cc(NC(=O)Cc2cc(Cl)ccc2O)ccn1. The molecule has 3 N–H and O–H groups in total. The minimum Gasteiger partial charge on any atom is -0.508 e. The monoisotopic (exact) mass is 374 g/mol. The summed E-state index contributed by atoms with van der Waals surface area (Å²) in [5.41, 5.74) is 0.106. The van der Waals surface area contributed by atoms with E-state index in [1.54, 1.807) is 19.9 Å². The van der Waals surface area contributed by atoms with E-state index in [1.165, 1.54) is 30.5 Å². The fourth-order valence-electron chi connectivity index (χ4n) is 2.09. The van der Waals surface area contributed by atoms with Crippen molar-refractivity contribution in [1.29, 1.82) is 0 Å². The van der Waals surface area contributed by atoms with E-state index in [0.29, 0.717) is 16.3 Å². The molecule has 1 heterocycles. The first-order chi connectivity index (χ1) is 12.2. The molecule has 136 valence electrons. The smallest absolute Gasteiger partial charge is 0.271 e. The van der Waals surface area contributed by atoms with Gasteiger partial charge in [-0.2, -0.15) is 0 Å². The van der Waals surface area contributed by atoms with Gasteiger partial charge in [0.1, 0.15) is 17.1 Å². The number of aliphatic imine (C=N–C) groups is 1. The number of carbonyl (C=O) groups excluding carboxylic acids is 2. The molecule has 0 aliphatic carbocycles. The van der Waals surface area contributed by atoms with Crippen molar-refractivity contribution < 1.29 is 14.7 Å². The molecule has 0 saturated carbocycles. The van der Waals surface area contributed by atoms with Crippen LogP contribution in [0.15, 0.2) is 41.5 Å². The van der Waals surface area contributed by atoms with Crippen LogP contribution in [-0.4, -0.2) is 34.3 Å². The number of rotatable bonds is 6. The number of hydrogen-bond acceptors (Lipinski definition) is 5. The molecule has 0 atom stereocenters. The number of phenols is 1. The molecule has 2 aromatic rings. The number of hydrogen-bond donors (Lipinski definition) is 3. The number of aromatic nitrogens is 1. The Morgan fingerprint density at radius 2 is 2.04 bits per heavy atom. The van der Waals surface area contributed by atoms with E-state index in [-0.39, 0.29) is 23.8 Å². The lowest BCUT2D eigenvalue weighted by Gasteiger charge is -2.20. The second kappa shape index (κ2) is 7.97. The van der Waals surface area contributed by atoms with Crippen molar-refractivity contribution in [3.05, 3.63) is 52.8 Å². The maximum atomic E-state index is 12.2. The summed E-state index contributed by atoms with van der Waals surface area (Å²) in [4.78, 5) is 32.2. The summed E-state index contributed by atoms with van der Waals surface area (Å²) in [5.74, 6) is -0.822. The number of pyridine rings is 1. The lowest BCUT2D eigenvalue weighted by Crippen LogP contribution is -2.41.